The van der Waals surface area contributed by atoms with Gasteiger partial charge in [-0.25, -0.2) is 4.39 Å². The first kappa shape index (κ1) is 17.3. The van der Waals surface area contributed by atoms with Gasteiger partial charge >= 0.3 is 0 Å². The van der Waals surface area contributed by atoms with Gasteiger partial charge in [-0.05, 0) is 42.6 Å². The highest BCUT2D eigenvalue weighted by molar-refractivity contribution is 5.92. The maximum atomic E-state index is 12.9. The van der Waals surface area contributed by atoms with E-state index in [1.807, 2.05) is 0 Å². The molecule has 132 valence electrons. The normalized spacial score (nSPS) is 25.8. The summed E-state index contributed by atoms with van der Waals surface area (Å²) >= 11 is 0. The van der Waals surface area contributed by atoms with Crippen LogP contribution in [0.4, 0.5) is 10.1 Å². The third-order valence-electron chi connectivity index (χ3n) is 5.02. The minimum atomic E-state index is -0.296. The van der Waals surface area contributed by atoms with Gasteiger partial charge in [-0.2, -0.15) is 0 Å². The van der Waals surface area contributed by atoms with Gasteiger partial charge in [-0.1, -0.05) is 6.92 Å². The number of nitrogens with one attached hydrogen (secondary N) is 2. The molecule has 0 aliphatic carbocycles. The van der Waals surface area contributed by atoms with Gasteiger partial charge in [0.2, 0.25) is 5.91 Å². The molecule has 0 bridgehead atoms. The monoisotopic (exact) mass is 334 g/mol. The smallest absolute Gasteiger partial charge is 0.238 e. The van der Waals surface area contributed by atoms with Gasteiger partial charge in [-0.15, -0.1) is 0 Å². The van der Waals surface area contributed by atoms with Gasteiger partial charge < -0.3 is 15.5 Å². The third-order valence-corrected chi connectivity index (χ3v) is 5.02. The van der Waals surface area contributed by atoms with Crippen LogP contribution in [-0.2, 0) is 4.79 Å². The average molecular weight is 334 g/mol. The average Bonchev–Trinajstić information content (AvgIpc) is 2.98. The second-order valence-corrected chi connectivity index (χ2v) is 7.34. The highest BCUT2D eigenvalue weighted by Gasteiger charge is 2.31. The fourth-order valence-electron chi connectivity index (χ4n) is 3.59. The van der Waals surface area contributed by atoms with Crippen LogP contribution in [0.3, 0.4) is 0 Å². The Balaban J connectivity index is 1.40. The first-order valence-electron chi connectivity index (χ1n) is 8.73. The van der Waals surface area contributed by atoms with Crippen LogP contribution in [0.2, 0.25) is 0 Å². The maximum Gasteiger partial charge on any atom is 0.238 e. The van der Waals surface area contributed by atoms with Crippen LogP contribution in [0.5, 0.6) is 0 Å². The maximum absolute atomic E-state index is 12.9. The standard InChI is InChI=1S/C18H27FN4O/c1-18(6-7-20-13-18)14-23-10-8-22(9-11-23)12-17(24)21-16-4-2-15(19)3-5-16/h2-5,20H,6-14H2,1H3,(H,21,24). The molecule has 3 rings (SSSR count). The van der Waals surface area contributed by atoms with Crippen LogP contribution in [-0.4, -0.2) is 68.1 Å². The van der Waals surface area contributed by atoms with E-state index in [4.69, 9.17) is 0 Å². The molecule has 2 saturated heterocycles. The van der Waals surface area contributed by atoms with Crippen molar-refractivity contribution in [3.8, 4) is 0 Å². The Labute approximate surface area is 143 Å². The largest absolute Gasteiger partial charge is 0.325 e. The van der Waals surface area contributed by atoms with Crippen LogP contribution in [0.25, 0.3) is 0 Å². The van der Waals surface area contributed by atoms with Crippen LogP contribution >= 0.6 is 0 Å². The lowest BCUT2D eigenvalue weighted by Gasteiger charge is -2.38. The molecule has 1 atom stereocenters. The van der Waals surface area contributed by atoms with Crippen molar-refractivity contribution in [1.82, 2.24) is 15.1 Å². The van der Waals surface area contributed by atoms with Gasteiger partial charge in [0.1, 0.15) is 5.82 Å². The lowest BCUT2D eigenvalue weighted by Crippen LogP contribution is -2.51. The molecular formula is C18H27FN4O. The van der Waals surface area contributed by atoms with E-state index in [1.54, 1.807) is 12.1 Å². The Morgan fingerprint density at radius 1 is 1.21 bits per heavy atom. The molecule has 0 aromatic heterocycles. The quantitative estimate of drug-likeness (QED) is 0.854. The predicted molar refractivity (Wildman–Crippen MR) is 93.5 cm³/mol. The van der Waals surface area contributed by atoms with Crippen molar-refractivity contribution in [2.45, 2.75) is 13.3 Å². The van der Waals surface area contributed by atoms with E-state index < -0.39 is 0 Å². The van der Waals surface area contributed by atoms with E-state index in [-0.39, 0.29) is 11.7 Å². The summed E-state index contributed by atoms with van der Waals surface area (Å²) in [4.78, 5) is 16.8. The molecule has 24 heavy (non-hydrogen) atoms. The molecule has 2 heterocycles. The second-order valence-electron chi connectivity index (χ2n) is 7.34. The Morgan fingerprint density at radius 3 is 2.50 bits per heavy atom. The first-order chi connectivity index (χ1) is 11.5. The highest BCUT2D eigenvalue weighted by Crippen LogP contribution is 2.26. The number of piperazine rings is 1. The van der Waals surface area contributed by atoms with Gasteiger partial charge in [0.25, 0.3) is 0 Å². The molecule has 2 fully saturated rings. The molecule has 1 unspecified atom stereocenters. The van der Waals surface area contributed by atoms with Crippen molar-refractivity contribution in [3.05, 3.63) is 30.1 Å². The lowest BCUT2D eigenvalue weighted by molar-refractivity contribution is -0.117. The summed E-state index contributed by atoms with van der Waals surface area (Å²) in [5, 5.41) is 6.27. The van der Waals surface area contributed by atoms with E-state index in [9.17, 15) is 9.18 Å². The Morgan fingerprint density at radius 2 is 1.88 bits per heavy atom. The SMILES string of the molecule is CC1(CN2CCN(CC(=O)Nc3ccc(F)cc3)CC2)CCNC1. The third kappa shape index (κ3) is 4.75. The van der Waals surface area contributed by atoms with Crippen LogP contribution in [0.1, 0.15) is 13.3 Å². The molecule has 1 aromatic carbocycles. The van der Waals surface area contributed by atoms with Gasteiger partial charge in [0.15, 0.2) is 0 Å². The van der Waals surface area contributed by atoms with Crippen LogP contribution in [0.15, 0.2) is 24.3 Å². The number of carbonyl (C=O) groups excluding carboxylic acids is 1. The topological polar surface area (TPSA) is 47.6 Å². The van der Waals surface area contributed by atoms with Crippen molar-refractivity contribution in [3.63, 3.8) is 0 Å². The lowest BCUT2D eigenvalue weighted by atomic mass is 9.89. The summed E-state index contributed by atoms with van der Waals surface area (Å²) in [6.07, 6.45) is 1.24. The number of hydrogen-bond acceptors (Lipinski definition) is 4. The number of hydrogen-bond donors (Lipinski definition) is 2. The summed E-state index contributed by atoms with van der Waals surface area (Å²) in [6, 6.07) is 5.88. The Bertz CT molecular complexity index is 549. The summed E-state index contributed by atoms with van der Waals surface area (Å²) in [5.41, 5.74) is 1.03. The van der Waals surface area contributed by atoms with E-state index in [1.165, 1.54) is 18.6 Å². The number of amides is 1. The van der Waals surface area contributed by atoms with E-state index in [2.05, 4.69) is 27.4 Å². The zero-order chi connectivity index (χ0) is 17.0. The van der Waals surface area contributed by atoms with Crippen molar-refractivity contribution < 1.29 is 9.18 Å². The Hall–Kier alpha value is -1.50. The molecule has 0 saturated carbocycles. The molecule has 1 amide bonds. The van der Waals surface area contributed by atoms with E-state index in [0.717, 1.165) is 45.8 Å². The van der Waals surface area contributed by atoms with Gasteiger partial charge in [-0.3, -0.25) is 9.69 Å². The second kappa shape index (κ2) is 7.59. The molecule has 0 radical (unpaired) electrons. The van der Waals surface area contributed by atoms with Gasteiger partial charge in [0.05, 0.1) is 6.54 Å². The van der Waals surface area contributed by atoms with E-state index >= 15 is 0 Å². The molecular weight excluding hydrogens is 307 g/mol. The molecule has 1 aromatic rings. The van der Waals surface area contributed by atoms with Crippen LogP contribution < -0.4 is 10.6 Å². The molecule has 5 nitrogen and oxygen atoms in total. The van der Waals surface area contributed by atoms with Crippen molar-refractivity contribution >= 4 is 11.6 Å². The first-order valence-corrected chi connectivity index (χ1v) is 8.73. The fourth-order valence-corrected chi connectivity index (χ4v) is 3.59. The van der Waals surface area contributed by atoms with Crippen molar-refractivity contribution in [2.75, 3.05) is 57.7 Å². The number of anilines is 1. The van der Waals surface area contributed by atoms with Gasteiger partial charge in [0, 0.05) is 45.0 Å². The predicted octanol–water partition coefficient (Wildman–Crippen LogP) is 1.38. The number of nitrogens with zero attached hydrogens (tertiary/aromatic N) is 2. The molecule has 0 spiro atoms. The van der Waals surface area contributed by atoms with Crippen molar-refractivity contribution in [2.24, 2.45) is 5.41 Å². The number of carbonyl (C=O) groups is 1. The summed E-state index contributed by atoms with van der Waals surface area (Å²) in [5.74, 6) is -0.336. The Kier molecular flexibility index (Phi) is 5.48. The number of rotatable bonds is 5. The van der Waals surface area contributed by atoms with Crippen molar-refractivity contribution in [1.29, 1.82) is 0 Å². The molecule has 2 N–H and O–H groups in total. The summed E-state index contributed by atoms with van der Waals surface area (Å²) in [7, 11) is 0. The molecule has 6 heteroatoms. The number of halogens is 1. The fraction of sp³-hybridized carbons (Fsp3) is 0.611. The minimum absolute atomic E-state index is 0.0398. The number of benzene rings is 1. The molecule has 2 aliphatic rings. The summed E-state index contributed by atoms with van der Waals surface area (Å²) < 4.78 is 12.9. The zero-order valence-corrected chi connectivity index (χ0v) is 14.4. The zero-order valence-electron chi connectivity index (χ0n) is 14.4. The minimum Gasteiger partial charge on any atom is -0.325 e. The highest BCUT2D eigenvalue weighted by atomic mass is 19.1. The van der Waals surface area contributed by atoms with Crippen LogP contribution in [0, 0.1) is 11.2 Å². The summed E-state index contributed by atoms with van der Waals surface area (Å²) in [6.45, 7) is 9.97. The van der Waals surface area contributed by atoms with E-state index in [0.29, 0.717) is 17.6 Å². The molecule has 2 aliphatic heterocycles.